The molecule has 2 aromatic rings. The fraction of sp³-hybridized carbons (Fsp3) is 0.417. The third-order valence-electron chi connectivity index (χ3n) is 2.62. The van der Waals surface area contributed by atoms with Crippen molar-refractivity contribution < 1.29 is 9.53 Å². The number of esters is 1. The second-order valence-corrected chi connectivity index (χ2v) is 4.25. The molecular weight excluding hydrogens is 234 g/mol. The summed E-state index contributed by atoms with van der Waals surface area (Å²) in [6.07, 6.45) is 1.41. The van der Waals surface area contributed by atoms with E-state index in [1.807, 2.05) is 13.8 Å². The van der Waals surface area contributed by atoms with E-state index in [0.29, 0.717) is 5.65 Å². The largest absolute Gasteiger partial charge is 0.462 e. The monoisotopic (exact) mass is 249 g/mol. The van der Waals surface area contributed by atoms with Gasteiger partial charge in [-0.05, 0) is 12.8 Å². The zero-order chi connectivity index (χ0) is 13.3. The Hall–Kier alpha value is -2.11. The van der Waals surface area contributed by atoms with Gasteiger partial charge < -0.3 is 9.72 Å². The lowest BCUT2D eigenvalue weighted by molar-refractivity contribution is 0.0528. The molecule has 0 aliphatic carbocycles. The lowest BCUT2D eigenvalue weighted by atomic mass is 10.1. The second-order valence-electron chi connectivity index (χ2n) is 4.25. The Bertz CT molecular complexity index is 640. The minimum atomic E-state index is -0.482. The van der Waals surface area contributed by atoms with Crippen LogP contribution in [0.2, 0.25) is 0 Å². The van der Waals surface area contributed by atoms with E-state index >= 15 is 0 Å². The first kappa shape index (κ1) is 12.3. The summed E-state index contributed by atoms with van der Waals surface area (Å²) in [5.74, 6) is -0.353. The first-order chi connectivity index (χ1) is 8.54. The number of carbonyl (C=O) groups is 1. The number of carbonyl (C=O) groups excluding carboxylic acids is 1. The third-order valence-corrected chi connectivity index (χ3v) is 2.62. The van der Waals surface area contributed by atoms with Crippen LogP contribution in [0.15, 0.2) is 17.1 Å². The van der Waals surface area contributed by atoms with Crippen LogP contribution >= 0.6 is 0 Å². The van der Waals surface area contributed by atoms with E-state index in [0.717, 1.165) is 5.69 Å². The van der Waals surface area contributed by atoms with E-state index in [4.69, 9.17) is 4.74 Å². The first-order valence-electron chi connectivity index (χ1n) is 5.82. The predicted octanol–water partition coefficient (Wildman–Crippen LogP) is 1.32. The van der Waals surface area contributed by atoms with Crippen molar-refractivity contribution in [1.29, 1.82) is 0 Å². The SMILES string of the molecule is CCOC(=O)c1cnn2c(C(C)C)cc(=O)[nH]c12. The van der Waals surface area contributed by atoms with E-state index in [-0.39, 0.29) is 23.6 Å². The Morgan fingerprint density at radius 3 is 2.89 bits per heavy atom. The Labute approximate surface area is 104 Å². The van der Waals surface area contributed by atoms with Gasteiger partial charge in [0.05, 0.1) is 18.5 Å². The molecule has 0 spiro atoms. The quantitative estimate of drug-likeness (QED) is 0.832. The number of ether oxygens (including phenoxy) is 1. The minimum absolute atomic E-state index is 0.129. The van der Waals surface area contributed by atoms with Gasteiger partial charge in [-0.15, -0.1) is 0 Å². The third kappa shape index (κ3) is 2.01. The maximum Gasteiger partial charge on any atom is 0.343 e. The summed E-state index contributed by atoms with van der Waals surface area (Å²) in [6.45, 7) is 5.93. The Morgan fingerprint density at radius 2 is 2.28 bits per heavy atom. The number of hydrogen-bond donors (Lipinski definition) is 1. The Kier molecular flexibility index (Phi) is 3.18. The van der Waals surface area contributed by atoms with Gasteiger partial charge in [0.1, 0.15) is 5.56 Å². The average molecular weight is 249 g/mol. The summed E-state index contributed by atoms with van der Waals surface area (Å²) in [7, 11) is 0. The maximum atomic E-state index is 11.7. The molecule has 2 rings (SSSR count). The van der Waals surface area contributed by atoms with E-state index < -0.39 is 5.97 Å². The number of aromatic amines is 1. The normalized spacial score (nSPS) is 11.1. The van der Waals surface area contributed by atoms with E-state index in [2.05, 4.69) is 10.1 Å². The van der Waals surface area contributed by atoms with Crippen LogP contribution in [0.1, 0.15) is 42.7 Å². The highest BCUT2D eigenvalue weighted by Crippen LogP contribution is 2.15. The molecule has 6 heteroatoms. The van der Waals surface area contributed by atoms with E-state index in [1.54, 1.807) is 11.4 Å². The number of rotatable bonds is 3. The first-order valence-corrected chi connectivity index (χ1v) is 5.82. The highest BCUT2D eigenvalue weighted by Gasteiger charge is 2.17. The van der Waals surface area contributed by atoms with Gasteiger partial charge in [-0.25, -0.2) is 9.31 Å². The molecule has 0 radical (unpaired) electrons. The number of nitrogens with one attached hydrogen (secondary N) is 1. The molecule has 0 aromatic carbocycles. The van der Waals surface area contributed by atoms with Crippen molar-refractivity contribution in [1.82, 2.24) is 14.6 Å². The van der Waals surface area contributed by atoms with Crippen LogP contribution < -0.4 is 5.56 Å². The van der Waals surface area contributed by atoms with Crippen LogP contribution in [0.3, 0.4) is 0 Å². The molecule has 0 aliphatic rings. The molecule has 2 heterocycles. The van der Waals surface area contributed by atoms with Gasteiger partial charge in [0, 0.05) is 6.07 Å². The molecule has 18 heavy (non-hydrogen) atoms. The fourth-order valence-corrected chi connectivity index (χ4v) is 1.78. The summed E-state index contributed by atoms with van der Waals surface area (Å²) in [4.78, 5) is 25.9. The molecule has 0 aliphatic heterocycles. The van der Waals surface area contributed by atoms with Crippen LogP contribution in [-0.2, 0) is 4.74 Å². The molecule has 6 nitrogen and oxygen atoms in total. The van der Waals surface area contributed by atoms with Crippen LogP contribution in [0.25, 0.3) is 5.65 Å². The molecule has 0 unspecified atom stereocenters. The molecule has 0 atom stereocenters. The van der Waals surface area contributed by atoms with Crippen molar-refractivity contribution >= 4 is 11.6 Å². The zero-order valence-corrected chi connectivity index (χ0v) is 10.6. The van der Waals surface area contributed by atoms with Crippen LogP contribution in [-0.4, -0.2) is 27.2 Å². The van der Waals surface area contributed by atoms with Crippen LogP contribution in [0.5, 0.6) is 0 Å². The minimum Gasteiger partial charge on any atom is -0.462 e. The van der Waals surface area contributed by atoms with Gasteiger partial charge in [-0.1, -0.05) is 13.8 Å². The highest BCUT2D eigenvalue weighted by molar-refractivity contribution is 5.95. The van der Waals surface area contributed by atoms with Gasteiger partial charge in [-0.3, -0.25) is 4.79 Å². The molecule has 0 bridgehead atoms. The maximum absolute atomic E-state index is 11.7. The van der Waals surface area contributed by atoms with Crippen LogP contribution in [0.4, 0.5) is 0 Å². The molecular formula is C12H15N3O3. The molecule has 1 N–H and O–H groups in total. The van der Waals surface area contributed by atoms with Crippen molar-refractivity contribution in [3.05, 3.63) is 33.9 Å². The van der Waals surface area contributed by atoms with Gasteiger partial charge in [0.15, 0.2) is 5.65 Å². The summed E-state index contributed by atoms with van der Waals surface area (Å²) in [5.41, 5.74) is 1.16. The lowest BCUT2D eigenvalue weighted by Gasteiger charge is -2.07. The molecule has 0 saturated carbocycles. The molecule has 0 fully saturated rings. The molecule has 0 saturated heterocycles. The topological polar surface area (TPSA) is 76.5 Å². The summed E-state index contributed by atoms with van der Waals surface area (Å²) >= 11 is 0. The number of hydrogen-bond acceptors (Lipinski definition) is 4. The van der Waals surface area contributed by atoms with Crippen molar-refractivity contribution in [3.8, 4) is 0 Å². The zero-order valence-electron chi connectivity index (χ0n) is 10.6. The number of fused-ring (bicyclic) bond motifs is 1. The van der Waals surface area contributed by atoms with Gasteiger partial charge >= 0.3 is 5.97 Å². The van der Waals surface area contributed by atoms with Crippen molar-refractivity contribution in [3.63, 3.8) is 0 Å². The van der Waals surface area contributed by atoms with E-state index in [9.17, 15) is 9.59 Å². The summed E-state index contributed by atoms with van der Waals surface area (Å²) < 4.78 is 6.49. The summed E-state index contributed by atoms with van der Waals surface area (Å²) in [5, 5.41) is 4.13. The van der Waals surface area contributed by atoms with E-state index in [1.165, 1.54) is 12.3 Å². The predicted molar refractivity (Wildman–Crippen MR) is 65.9 cm³/mol. The second kappa shape index (κ2) is 4.64. The summed E-state index contributed by atoms with van der Waals surface area (Å²) in [6, 6.07) is 1.49. The number of H-pyrrole nitrogens is 1. The fourth-order valence-electron chi connectivity index (χ4n) is 1.78. The van der Waals surface area contributed by atoms with Gasteiger partial charge in [0.25, 0.3) is 5.56 Å². The van der Waals surface area contributed by atoms with Gasteiger partial charge in [-0.2, -0.15) is 5.10 Å². The van der Waals surface area contributed by atoms with Crippen LogP contribution in [0, 0.1) is 0 Å². The Morgan fingerprint density at radius 1 is 1.56 bits per heavy atom. The molecule has 0 amide bonds. The number of nitrogens with zero attached hydrogens (tertiary/aromatic N) is 2. The molecule has 96 valence electrons. The lowest BCUT2D eigenvalue weighted by Crippen LogP contribution is -2.14. The highest BCUT2D eigenvalue weighted by atomic mass is 16.5. The standard InChI is InChI=1S/C12H15N3O3/c1-4-18-12(17)8-6-13-15-9(7(2)3)5-10(16)14-11(8)15/h5-7H,4H2,1-3H3,(H,14,16). The van der Waals surface area contributed by atoms with Crippen molar-refractivity contribution in [2.45, 2.75) is 26.7 Å². The molecule has 2 aromatic heterocycles. The Balaban J connectivity index is 2.66. The number of aromatic nitrogens is 3. The smallest absolute Gasteiger partial charge is 0.343 e. The van der Waals surface area contributed by atoms with Crippen molar-refractivity contribution in [2.75, 3.05) is 6.61 Å². The van der Waals surface area contributed by atoms with Gasteiger partial charge in [0.2, 0.25) is 0 Å². The van der Waals surface area contributed by atoms with Crippen molar-refractivity contribution in [2.24, 2.45) is 0 Å². The average Bonchev–Trinajstić information content (AvgIpc) is 2.71.